The van der Waals surface area contributed by atoms with E-state index in [2.05, 4.69) is 0 Å². The molecular weight excluding hydrogens is 366 g/mol. The molecule has 0 spiro atoms. The van der Waals surface area contributed by atoms with Crippen LogP contribution >= 0.6 is 0 Å². The Hall–Kier alpha value is -1.98. The highest BCUT2D eigenvalue weighted by atomic mass is 16.3. The minimum Gasteiger partial charge on any atom is -0.396 e. The number of hydrogen-bond donors (Lipinski definition) is 2. The van der Waals surface area contributed by atoms with Crippen LogP contribution in [0.25, 0.3) is 10.8 Å². The number of benzene rings is 1. The summed E-state index contributed by atoms with van der Waals surface area (Å²) in [5.74, 6) is -0.0767. The number of aliphatic hydroxyl groups is 2. The number of fused-ring (bicyclic) bond motifs is 1. The quantitative estimate of drug-likeness (QED) is 0.552. The Balaban J connectivity index is 0.000000360. The second kappa shape index (κ2) is 11.9. The number of rotatable bonds is 6. The van der Waals surface area contributed by atoms with Crippen molar-refractivity contribution in [2.24, 2.45) is 5.92 Å². The van der Waals surface area contributed by atoms with Gasteiger partial charge in [-0.05, 0) is 23.4 Å². The first-order valence-corrected chi connectivity index (χ1v) is 10.9. The van der Waals surface area contributed by atoms with Crippen LogP contribution in [0.2, 0.25) is 0 Å². The molecule has 1 heterocycles. The zero-order valence-corrected chi connectivity index (χ0v) is 17.8. The predicted molar refractivity (Wildman–Crippen MR) is 118 cm³/mol. The van der Waals surface area contributed by atoms with Crippen LogP contribution in [-0.4, -0.2) is 33.8 Å². The largest absolute Gasteiger partial charge is 0.396 e. The van der Waals surface area contributed by atoms with Crippen molar-refractivity contribution in [1.29, 1.82) is 0 Å². The van der Waals surface area contributed by atoms with Gasteiger partial charge in [0.05, 0.1) is 19.3 Å². The third-order valence-corrected chi connectivity index (χ3v) is 5.68. The van der Waals surface area contributed by atoms with Gasteiger partial charge in [-0.25, -0.2) is 0 Å². The van der Waals surface area contributed by atoms with Gasteiger partial charge in [0.1, 0.15) is 0 Å². The predicted octanol–water partition coefficient (Wildman–Crippen LogP) is 4.49. The Kier molecular flexibility index (Phi) is 9.55. The Morgan fingerprint density at radius 3 is 2.03 bits per heavy atom. The summed E-state index contributed by atoms with van der Waals surface area (Å²) in [5.41, 5.74) is 0.227. The summed E-state index contributed by atoms with van der Waals surface area (Å²) >= 11 is 0. The van der Waals surface area contributed by atoms with Gasteiger partial charge in [0.25, 0.3) is 5.56 Å². The van der Waals surface area contributed by atoms with Crippen LogP contribution < -0.4 is 5.56 Å². The van der Waals surface area contributed by atoms with Gasteiger partial charge in [-0.3, -0.25) is 9.59 Å². The van der Waals surface area contributed by atoms with Gasteiger partial charge < -0.3 is 14.8 Å². The molecule has 0 amide bonds. The summed E-state index contributed by atoms with van der Waals surface area (Å²) in [6.45, 7) is 3.55. The molecule has 1 aliphatic carbocycles. The minimum absolute atomic E-state index is 0.0352. The summed E-state index contributed by atoms with van der Waals surface area (Å²) in [7, 11) is 0. The molecule has 2 N–H and O–H groups in total. The molecule has 1 saturated carbocycles. The van der Waals surface area contributed by atoms with Gasteiger partial charge in [-0.15, -0.1) is 0 Å². The van der Waals surface area contributed by atoms with Crippen LogP contribution in [0.4, 0.5) is 0 Å². The van der Waals surface area contributed by atoms with E-state index >= 15 is 0 Å². The second-order valence-corrected chi connectivity index (χ2v) is 8.16. The first-order chi connectivity index (χ1) is 14.0. The number of Topliss-reactive ketones (excluding diaryl/α,β-unsaturated/α-hetero) is 1. The maximum Gasteiger partial charge on any atom is 0.258 e. The van der Waals surface area contributed by atoms with E-state index in [1.165, 1.54) is 49.5 Å². The smallest absolute Gasteiger partial charge is 0.258 e. The molecule has 1 unspecified atom stereocenters. The third kappa shape index (κ3) is 6.25. The van der Waals surface area contributed by atoms with Crippen molar-refractivity contribution in [2.45, 2.75) is 71.3 Å². The number of aromatic nitrogens is 1. The Labute approximate surface area is 173 Å². The lowest BCUT2D eigenvalue weighted by atomic mass is 10.00. The lowest BCUT2D eigenvalue weighted by molar-refractivity contribution is 0.0958. The van der Waals surface area contributed by atoms with E-state index in [0.717, 1.165) is 0 Å². The second-order valence-electron chi connectivity index (χ2n) is 8.16. The van der Waals surface area contributed by atoms with E-state index < -0.39 is 0 Å². The van der Waals surface area contributed by atoms with Gasteiger partial charge in [0.15, 0.2) is 5.78 Å². The van der Waals surface area contributed by atoms with Crippen LogP contribution in [0.3, 0.4) is 0 Å². The Morgan fingerprint density at radius 1 is 0.966 bits per heavy atom. The molecule has 0 aliphatic heterocycles. The first-order valence-electron chi connectivity index (χ1n) is 10.9. The molecule has 5 nitrogen and oxygen atoms in total. The summed E-state index contributed by atoms with van der Waals surface area (Å²) in [6.07, 6.45) is 12.2. The van der Waals surface area contributed by atoms with Crippen LogP contribution in [0.1, 0.15) is 81.6 Å². The Bertz CT molecular complexity index is 821. The van der Waals surface area contributed by atoms with Gasteiger partial charge in [-0.1, -0.05) is 70.9 Å². The summed E-state index contributed by atoms with van der Waals surface area (Å²) < 4.78 is 1.52. The number of carbonyl (C=O) groups is 1. The lowest BCUT2D eigenvalue weighted by Gasteiger charge is -2.21. The minimum atomic E-state index is -0.298. The van der Waals surface area contributed by atoms with Crippen molar-refractivity contribution in [3.63, 3.8) is 0 Å². The van der Waals surface area contributed by atoms with Crippen LogP contribution in [0.15, 0.2) is 35.3 Å². The summed E-state index contributed by atoms with van der Waals surface area (Å²) in [5, 5.41) is 19.5. The fourth-order valence-electron chi connectivity index (χ4n) is 3.89. The molecular formula is C24H35NO4. The Morgan fingerprint density at radius 2 is 1.55 bits per heavy atom. The van der Waals surface area contributed by atoms with Crippen molar-refractivity contribution in [1.82, 2.24) is 4.57 Å². The lowest BCUT2D eigenvalue weighted by Crippen LogP contribution is -2.30. The van der Waals surface area contributed by atoms with Crippen molar-refractivity contribution < 1.29 is 15.0 Å². The highest BCUT2D eigenvalue weighted by Gasteiger charge is 2.18. The molecule has 1 aromatic heterocycles. The molecule has 1 aromatic carbocycles. The number of hydrogen-bond acceptors (Lipinski definition) is 4. The van der Waals surface area contributed by atoms with Crippen molar-refractivity contribution in [3.8, 4) is 0 Å². The average molecular weight is 402 g/mol. The molecule has 1 atom stereocenters. The molecule has 0 radical (unpaired) electrons. The van der Waals surface area contributed by atoms with E-state index in [1.807, 2.05) is 13.8 Å². The maximum absolute atomic E-state index is 12.7. The molecule has 160 valence electrons. The van der Waals surface area contributed by atoms with E-state index in [0.29, 0.717) is 16.3 Å². The number of aliphatic hydroxyl groups excluding tert-OH is 2. The number of carbonyl (C=O) groups excluding carboxylic acids is 1. The molecule has 3 rings (SSSR count). The third-order valence-electron chi connectivity index (χ3n) is 5.68. The normalized spacial score (nSPS) is 15.5. The molecule has 1 fully saturated rings. The summed E-state index contributed by atoms with van der Waals surface area (Å²) in [6, 6.07) is 6.44. The van der Waals surface area contributed by atoms with Crippen LogP contribution in [-0.2, 0) is 0 Å². The number of ketones is 1. The number of nitrogens with zero attached hydrogens (tertiary/aromatic N) is 1. The molecule has 29 heavy (non-hydrogen) atoms. The van der Waals surface area contributed by atoms with Crippen molar-refractivity contribution >= 4 is 16.6 Å². The van der Waals surface area contributed by atoms with E-state index in [1.54, 1.807) is 30.5 Å². The maximum atomic E-state index is 12.7. The molecule has 0 bridgehead atoms. The van der Waals surface area contributed by atoms with E-state index in [4.69, 9.17) is 5.11 Å². The van der Waals surface area contributed by atoms with Crippen molar-refractivity contribution in [2.75, 3.05) is 13.2 Å². The van der Waals surface area contributed by atoms with Gasteiger partial charge in [0.2, 0.25) is 0 Å². The molecule has 5 heteroatoms. The highest BCUT2D eigenvalue weighted by Crippen LogP contribution is 2.21. The number of pyridine rings is 1. The van der Waals surface area contributed by atoms with Gasteiger partial charge in [0, 0.05) is 23.6 Å². The fourth-order valence-corrected chi connectivity index (χ4v) is 3.89. The van der Waals surface area contributed by atoms with Crippen LogP contribution in [0, 0.1) is 5.92 Å². The first kappa shape index (κ1) is 23.3. The standard InChI is InChI=1S/C17H21NO4.C7H14/c1-11(2)15(10-20)18-8-6-12-13(16(21)7-9-19)4-3-5-14(12)17(18)22;1-2-4-6-7-5-3-1/h3-6,8,11,15,19-20H,7,9-10H2,1-2H3;1-7H2. The monoisotopic (exact) mass is 401 g/mol. The van der Waals surface area contributed by atoms with E-state index in [-0.39, 0.29) is 42.9 Å². The van der Waals surface area contributed by atoms with E-state index in [9.17, 15) is 14.7 Å². The highest BCUT2D eigenvalue weighted by molar-refractivity contribution is 6.07. The van der Waals surface area contributed by atoms with Gasteiger partial charge >= 0.3 is 0 Å². The zero-order chi connectivity index (χ0) is 21.2. The molecule has 2 aromatic rings. The topological polar surface area (TPSA) is 79.5 Å². The van der Waals surface area contributed by atoms with Crippen molar-refractivity contribution in [3.05, 3.63) is 46.4 Å². The molecule has 1 aliphatic rings. The molecule has 0 saturated heterocycles. The van der Waals surface area contributed by atoms with Crippen LogP contribution in [0.5, 0.6) is 0 Å². The SMILES string of the molecule is C1CCCCCC1.CC(C)C(CO)n1ccc2c(C(=O)CCO)cccc2c1=O. The average Bonchev–Trinajstić information content (AvgIpc) is 3.03. The van der Waals surface area contributed by atoms with Gasteiger partial charge in [-0.2, -0.15) is 0 Å². The zero-order valence-electron chi connectivity index (χ0n) is 17.8. The summed E-state index contributed by atoms with van der Waals surface area (Å²) in [4.78, 5) is 24.7. The fraction of sp³-hybridized carbons (Fsp3) is 0.583.